The zero-order valence-corrected chi connectivity index (χ0v) is 14.8. The fourth-order valence-electron chi connectivity index (χ4n) is 3.19. The van der Waals surface area contributed by atoms with Gasteiger partial charge in [0.2, 0.25) is 12.6 Å². The van der Waals surface area contributed by atoms with Crippen LogP contribution in [0.1, 0.15) is 16.2 Å². The van der Waals surface area contributed by atoms with Gasteiger partial charge in [0.25, 0.3) is 5.91 Å². The van der Waals surface area contributed by atoms with Crippen molar-refractivity contribution in [3.8, 4) is 17.5 Å². The highest BCUT2D eigenvalue weighted by molar-refractivity contribution is 5.90. The molecule has 1 aromatic heterocycles. The number of methoxy groups -OCH3 is 1. The molecule has 3 heterocycles. The Morgan fingerprint density at radius 1 is 1.19 bits per heavy atom. The number of hydrogen-bond donors (Lipinski definition) is 0. The number of rotatable bonds is 4. The number of carbonyl (C=O) groups excluding carboxylic acids is 1. The molecule has 0 bridgehead atoms. The molecule has 2 aromatic rings. The van der Waals surface area contributed by atoms with Crippen LogP contribution in [0.3, 0.4) is 0 Å². The highest BCUT2D eigenvalue weighted by Gasteiger charge is 2.26. The third kappa shape index (κ3) is 3.17. The lowest BCUT2D eigenvalue weighted by atomic mass is 10.1. The number of amides is 1. The van der Waals surface area contributed by atoms with E-state index in [9.17, 15) is 4.79 Å². The fraction of sp³-hybridized carbons (Fsp3) is 0.471. The Hall–Kier alpha value is -2.81. The van der Waals surface area contributed by atoms with Crippen molar-refractivity contribution in [1.82, 2.24) is 24.6 Å². The average Bonchev–Trinajstić information content (AvgIpc) is 3.27. The van der Waals surface area contributed by atoms with Crippen LogP contribution in [-0.2, 0) is 13.6 Å². The maximum absolute atomic E-state index is 12.6. The third-order valence-corrected chi connectivity index (χ3v) is 4.60. The predicted octanol–water partition coefficient (Wildman–Crippen LogP) is 0.510. The van der Waals surface area contributed by atoms with E-state index in [2.05, 4.69) is 21.0 Å². The minimum Gasteiger partial charge on any atom is -0.467 e. The number of carbonyl (C=O) groups is 1. The summed E-state index contributed by atoms with van der Waals surface area (Å²) in [7, 11) is 3.21. The molecule has 0 N–H and O–H groups in total. The molecule has 2 aliphatic heterocycles. The quantitative estimate of drug-likeness (QED) is 0.787. The second-order valence-corrected chi connectivity index (χ2v) is 6.30. The number of hydrogen-bond acceptors (Lipinski definition) is 7. The van der Waals surface area contributed by atoms with Crippen molar-refractivity contribution in [2.45, 2.75) is 6.54 Å². The highest BCUT2D eigenvalue weighted by atomic mass is 16.7. The van der Waals surface area contributed by atoms with Gasteiger partial charge in [0.1, 0.15) is 0 Å². The molecule has 4 rings (SSSR count). The maximum atomic E-state index is 12.6. The number of nitrogens with zero attached hydrogens (tertiary/aromatic N) is 5. The molecule has 0 aliphatic carbocycles. The van der Waals surface area contributed by atoms with Crippen molar-refractivity contribution >= 4 is 5.91 Å². The number of ether oxygens (including phenoxy) is 3. The summed E-state index contributed by atoms with van der Waals surface area (Å²) in [5, 5.41) is 4.13. The van der Waals surface area contributed by atoms with Crippen LogP contribution < -0.4 is 14.2 Å². The second kappa shape index (κ2) is 6.83. The standard InChI is InChI=1S/C17H21N5O4/c1-20-17(24-2)18-15(19-20)16(23)22-7-5-21(6-8-22)10-12-3-4-13-14(9-12)26-11-25-13/h3-4,9H,5-8,10-11H2,1-2H3. The monoisotopic (exact) mass is 359 g/mol. The van der Waals surface area contributed by atoms with Gasteiger partial charge in [-0.25, -0.2) is 4.68 Å². The molecule has 26 heavy (non-hydrogen) atoms. The smallest absolute Gasteiger partial charge is 0.314 e. The highest BCUT2D eigenvalue weighted by Crippen LogP contribution is 2.32. The lowest BCUT2D eigenvalue weighted by Crippen LogP contribution is -2.48. The van der Waals surface area contributed by atoms with Crippen LogP contribution in [-0.4, -0.2) is 70.6 Å². The molecule has 1 saturated heterocycles. The third-order valence-electron chi connectivity index (χ3n) is 4.60. The van der Waals surface area contributed by atoms with Gasteiger partial charge in [0, 0.05) is 39.8 Å². The lowest BCUT2D eigenvalue weighted by molar-refractivity contribution is 0.0616. The van der Waals surface area contributed by atoms with Crippen molar-refractivity contribution in [2.75, 3.05) is 40.1 Å². The topological polar surface area (TPSA) is 82.0 Å². The van der Waals surface area contributed by atoms with Gasteiger partial charge in [-0.05, 0) is 17.7 Å². The van der Waals surface area contributed by atoms with Crippen LogP contribution >= 0.6 is 0 Å². The number of piperazine rings is 1. The Balaban J connectivity index is 1.34. The van der Waals surface area contributed by atoms with Crippen molar-refractivity contribution < 1.29 is 19.0 Å². The zero-order valence-electron chi connectivity index (χ0n) is 14.8. The molecule has 0 unspecified atom stereocenters. The molecule has 2 aliphatic rings. The summed E-state index contributed by atoms with van der Waals surface area (Å²) in [5.41, 5.74) is 1.17. The van der Waals surface area contributed by atoms with Crippen LogP contribution in [0.2, 0.25) is 0 Å². The van der Waals surface area contributed by atoms with Gasteiger partial charge in [-0.3, -0.25) is 9.69 Å². The molecule has 0 radical (unpaired) electrons. The van der Waals surface area contributed by atoms with Gasteiger partial charge in [-0.15, -0.1) is 5.10 Å². The number of aromatic nitrogens is 3. The van der Waals surface area contributed by atoms with E-state index >= 15 is 0 Å². The van der Waals surface area contributed by atoms with Crippen molar-refractivity contribution in [1.29, 1.82) is 0 Å². The van der Waals surface area contributed by atoms with Gasteiger partial charge in [-0.1, -0.05) is 6.07 Å². The van der Waals surface area contributed by atoms with E-state index in [1.807, 2.05) is 12.1 Å². The van der Waals surface area contributed by atoms with Crippen molar-refractivity contribution in [3.63, 3.8) is 0 Å². The lowest BCUT2D eigenvalue weighted by Gasteiger charge is -2.34. The second-order valence-electron chi connectivity index (χ2n) is 6.30. The minimum atomic E-state index is -0.161. The van der Waals surface area contributed by atoms with Gasteiger partial charge >= 0.3 is 6.01 Å². The maximum Gasteiger partial charge on any atom is 0.314 e. The summed E-state index contributed by atoms with van der Waals surface area (Å²) >= 11 is 0. The van der Waals surface area contributed by atoms with Gasteiger partial charge < -0.3 is 19.1 Å². The summed E-state index contributed by atoms with van der Waals surface area (Å²) < 4.78 is 17.3. The minimum absolute atomic E-state index is 0.161. The van der Waals surface area contributed by atoms with E-state index in [1.54, 1.807) is 11.9 Å². The Morgan fingerprint density at radius 2 is 1.96 bits per heavy atom. The predicted molar refractivity (Wildman–Crippen MR) is 91.3 cm³/mol. The van der Waals surface area contributed by atoms with Crippen LogP contribution in [0.4, 0.5) is 0 Å². The average molecular weight is 359 g/mol. The van der Waals surface area contributed by atoms with E-state index in [4.69, 9.17) is 14.2 Å². The molecule has 1 aromatic carbocycles. The van der Waals surface area contributed by atoms with Crippen LogP contribution in [0.25, 0.3) is 0 Å². The molecule has 9 nitrogen and oxygen atoms in total. The number of aryl methyl sites for hydroxylation is 1. The first-order valence-electron chi connectivity index (χ1n) is 8.49. The summed E-state index contributed by atoms with van der Waals surface area (Å²) in [6.45, 7) is 3.97. The van der Waals surface area contributed by atoms with E-state index in [0.717, 1.165) is 31.1 Å². The number of fused-ring (bicyclic) bond motifs is 1. The Morgan fingerprint density at radius 3 is 2.69 bits per heavy atom. The van der Waals surface area contributed by atoms with Gasteiger partial charge in [-0.2, -0.15) is 4.98 Å². The van der Waals surface area contributed by atoms with E-state index < -0.39 is 0 Å². The van der Waals surface area contributed by atoms with E-state index in [1.165, 1.54) is 17.4 Å². The molecule has 0 saturated carbocycles. The number of benzene rings is 1. The zero-order chi connectivity index (χ0) is 18.1. The van der Waals surface area contributed by atoms with Crippen LogP contribution in [0.15, 0.2) is 18.2 Å². The largest absolute Gasteiger partial charge is 0.467 e. The van der Waals surface area contributed by atoms with Crippen LogP contribution in [0.5, 0.6) is 17.5 Å². The normalized spacial score (nSPS) is 16.8. The van der Waals surface area contributed by atoms with E-state index in [-0.39, 0.29) is 18.5 Å². The van der Waals surface area contributed by atoms with Crippen molar-refractivity contribution in [2.24, 2.45) is 7.05 Å². The van der Waals surface area contributed by atoms with Crippen LogP contribution in [0, 0.1) is 0 Å². The van der Waals surface area contributed by atoms with E-state index in [0.29, 0.717) is 19.1 Å². The van der Waals surface area contributed by atoms with Gasteiger partial charge in [0.05, 0.1) is 7.11 Å². The summed E-state index contributed by atoms with van der Waals surface area (Å²) in [6, 6.07) is 6.34. The Kier molecular flexibility index (Phi) is 4.37. The Labute approximate surface area is 151 Å². The van der Waals surface area contributed by atoms with Gasteiger partial charge in [0.15, 0.2) is 11.5 Å². The first-order chi connectivity index (χ1) is 12.6. The molecule has 1 fully saturated rings. The summed E-state index contributed by atoms with van der Waals surface area (Å²) in [5.74, 6) is 1.61. The summed E-state index contributed by atoms with van der Waals surface area (Å²) in [6.07, 6.45) is 0. The molecule has 9 heteroatoms. The summed E-state index contributed by atoms with van der Waals surface area (Å²) in [4.78, 5) is 20.8. The molecule has 138 valence electrons. The fourth-order valence-corrected chi connectivity index (χ4v) is 3.19. The molecule has 1 amide bonds. The SMILES string of the molecule is COc1nc(C(=O)N2CCN(Cc3ccc4c(c3)OCO4)CC2)nn1C. The first-order valence-corrected chi connectivity index (χ1v) is 8.49. The molecular weight excluding hydrogens is 338 g/mol. The molecule has 0 atom stereocenters. The first kappa shape index (κ1) is 16.6. The molecular formula is C17H21N5O4. The Bertz CT molecular complexity index is 813. The van der Waals surface area contributed by atoms with Crippen molar-refractivity contribution in [3.05, 3.63) is 29.6 Å². The molecule has 0 spiro atoms.